The lowest BCUT2D eigenvalue weighted by Gasteiger charge is -2.32. The van der Waals surface area contributed by atoms with Gasteiger partial charge in [-0.05, 0) is 67.3 Å². The van der Waals surface area contributed by atoms with E-state index < -0.39 is 23.8 Å². The zero-order chi connectivity index (χ0) is 28.6. The van der Waals surface area contributed by atoms with Gasteiger partial charge in [0, 0.05) is 30.5 Å². The van der Waals surface area contributed by atoms with Crippen LogP contribution >= 0.6 is 0 Å². The lowest BCUT2D eigenvalue weighted by Crippen LogP contribution is -2.43. The second-order valence-corrected chi connectivity index (χ2v) is 9.30. The number of carbonyl (C=O) groups is 3. The molecule has 0 fully saturated rings. The molecule has 0 saturated carbocycles. The number of carbonyl (C=O) groups excluding carboxylic acids is 3. The monoisotopic (exact) mass is 540 g/mol. The van der Waals surface area contributed by atoms with E-state index in [9.17, 15) is 18.8 Å². The molecule has 0 aliphatic heterocycles. The molecule has 3 amide bonds. The number of halogens is 1. The number of benzene rings is 3. The zero-order valence-corrected chi connectivity index (χ0v) is 22.4. The molecule has 8 nitrogen and oxygen atoms in total. The van der Waals surface area contributed by atoms with Gasteiger partial charge in [-0.2, -0.15) is 0 Å². The van der Waals surface area contributed by atoms with E-state index >= 15 is 0 Å². The van der Waals surface area contributed by atoms with E-state index in [1.807, 2.05) is 32.0 Å². The summed E-state index contributed by atoms with van der Waals surface area (Å²) in [5.74, 6) is -1.24. The van der Waals surface area contributed by atoms with Crippen molar-refractivity contribution in [3.8, 4) is 0 Å². The van der Waals surface area contributed by atoms with Gasteiger partial charge in [-0.15, -0.1) is 0 Å². The highest BCUT2D eigenvalue weighted by atomic mass is 19.1. The molecule has 1 atom stereocenters. The molecular formula is C31H29FN4O4. The van der Waals surface area contributed by atoms with Crippen molar-refractivity contribution < 1.29 is 23.3 Å². The predicted molar refractivity (Wildman–Crippen MR) is 150 cm³/mol. The molecule has 0 unspecified atom stereocenters. The minimum atomic E-state index is -1.07. The lowest BCUT2D eigenvalue weighted by molar-refractivity contribution is -0.125. The Morgan fingerprint density at radius 1 is 0.950 bits per heavy atom. The number of anilines is 2. The van der Waals surface area contributed by atoms with Gasteiger partial charge in [0.05, 0.1) is 0 Å². The van der Waals surface area contributed by atoms with Gasteiger partial charge >= 0.3 is 0 Å². The van der Waals surface area contributed by atoms with Crippen LogP contribution < -0.4 is 15.5 Å². The van der Waals surface area contributed by atoms with Crippen molar-refractivity contribution in [2.45, 2.75) is 33.4 Å². The van der Waals surface area contributed by atoms with Crippen LogP contribution in [0.4, 0.5) is 15.9 Å². The van der Waals surface area contributed by atoms with Gasteiger partial charge in [0.25, 0.3) is 5.91 Å². The fourth-order valence-corrected chi connectivity index (χ4v) is 4.18. The second-order valence-electron chi connectivity index (χ2n) is 9.30. The average Bonchev–Trinajstić information content (AvgIpc) is 3.34. The minimum Gasteiger partial charge on any atom is -0.360 e. The fraction of sp³-hybridized carbons (Fsp3) is 0.161. The van der Waals surface area contributed by atoms with Crippen LogP contribution in [0.5, 0.6) is 0 Å². The number of aryl methyl sites for hydroxylation is 3. The number of nitrogens with zero attached hydrogens (tertiary/aromatic N) is 2. The summed E-state index contributed by atoms with van der Waals surface area (Å²) >= 11 is 0. The Bertz CT molecular complexity index is 1540. The first-order valence-corrected chi connectivity index (χ1v) is 12.6. The quantitative estimate of drug-likeness (QED) is 0.280. The van der Waals surface area contributed by atoms with Crippen molar-refractivity contribution in [1.29, 1.82) is 0 Å². The van der Waals surface area contributed by atoms with Gasteiger partial charge < -0.3 is 15.2 Å². The van der Waals surface area contributed by atoms with Crippen LogP contribution in [-0.4, -0.2) is 22.9 Å². The van der Waals surface area contributed by atoms with E-state index in [0.717, 1.165) is 23.3 Å². The smallest absolute Gasteiger partial charge is 0.252 e. The van der Waals surface area contributed by atoms with Crippen LogP contribution in [-0.2, 0) is 20.9 Å². The van der Waals surface area contributed by atoms with E-state index in [-0.39, 0.29) is 18.2 Å². The summed E-state index contributed by atoms with van der Waals surface area (Å²) in [5, 5.41) is 9.14. The van der Waals surface area contributed by atoms with E-state index in [1.165, 1.54) is 17.0 Å². The molecule has 2 N–H and O–H groups in total. The highest BCUT2D eigenvalue weighted by Crippen LogP contribution is 2.31. The third-order valence-corrected chi connectivity index (χ3v) is 6.14. The molecule has 4 rings (SSSR count). The summed E-state index contributed by atoms with van der Waals surface area (Å²) in [5.41, 5.74) is 3.48. The Hall–Kier alpha value is -5.05. The number of amides is 3. The fourth-order valence-electron chi connectivity index (χ4n) is 4.18. The Balaban J connectivity index is 1.69. The maximum atomic E-state index is 13.8. The topological polar surface area (TPSA) is 105 Å². The number of aromatic nitrogens is 1. The summed E-state index contributed by atoms with van der Waals surface area (Å²) in [7, 11) is 0. The normalized spacial score (nSPS) is 11.7. The second kappa shape index (κ2) is 12.7. The van der Waals surface area contributed by atoms with E-state index in [0.29, 0.717) is 22.6 Å². The molecule has 0 radical (unpaired) electrons. The SMILES string of the molecule is Cc1cccc(N(C(=O)/C=C/C(=O)Nc2cc(C)on2)[C@@H](C(=O)NCc2ccc(F)cc2)c2ccccc2C)c1. The molecule has 0 bridgehead atoms. The third-order valence-electron chi connectivity index (χ3n) is 6.14. The third kappa shape index (κ3) is 7.08. The van der Waals surface area contributed by atoms with Crippen LogP contribution in [0.15, 0.2) is 95.5 Å². The Morgan fingerprint density at radius 3 is 2.38 bits per heavy atom. The van der Waals surface area contributed by atoms with Crippen molar-refractivity contribution in [3.05, 3.63) is 125 Å². The number of hydrogen-bond acceptors (Lipinski definition) is 5. The number of rotatable bonds is 9. The Labute approximate surface area is 231 Å². The van der Waals surface area contributed by atoms with Crippen molar-refractivity contribution in [1.82, 2.24) is 10.5 Å². The molecule has 204 valence electrons. The first kappa shape index (κ1) is 28.0. The molecule has 0 aliphatic rings. The molecule has 40 heavy (non-hydrogen) atoms. The summed E-state index contributed by atoms with van der Waals surface area (Å²) in [6.45, 7) is 5.56. The van der Waals surface area contributed by atoms with Gasteiger partial charge in [-0.25, -0.2) is 4.39 Å². The van der Waals surface area contributed by atoms with Gasteiger partial charge in [0.2, 0.25) is 11.8 Å². The summed E-state index contributed by atoms with van der Waals surface area (Å²) < 4.78 is 18.3. The lowest BCUT2D eigenvalue weighted by atomic mass is 9.97. The van der Waals surface area contributed by atoms with Gasteiger partial charge in [-0.3, -0.25) is 19.3 Å². The molecule has 0 spiro atoms. The highest BCUT2D eigenvalue weighted by molar-refractivity contribution is 6.10. The van der Waals surface area contributed by atoms with Crippen LogP contribution in [0.3, 0.4) is 0 Å². The van der Waals surface area contributed by atoms with E-state index in [4.69, 9.17) is 4.52 Å². The summed E-state index contributed by atoms with van der Waals surface area (Å²) in [4.78, 5) is 41.4. The molecule has 0 aliphatic carbocycles. The van der Waals surface area contributed by atoms with E-state index in [1.54, 1.807) is 55.5 Å². The zero-order valence-electron chi connectivity index (χ0n) is 22.4. The molecule has 1 heterocycles. The average molecular weight is 541 g/mol. The molecule has 1 aromatic heterocycles. The van der Waals surface area contributed by atoms with Crippen LogP contribution in [0.25, 0.3) is 0 Å². The van der Waals surface area contributed by atoms with Gasteiger partial charge in [0.1, 0.15) is 17.6 Å². The van der Waals surface area contributed by atoms with Crippen LogP contribution in [0.1, 0.15) is 34.1 Å². The first-order chi connectivity index (χ1) is 19.2. The Morgan fingerprint density at radius 2 is 1.70 bits per heavy atom. The van der Waals surface area contributed by atoms with Crippen LogP contribution in [0.2, 0.25) is 0 Å². The summed E-state index contributed by atoms with van der Waals surface area (Å²) in [6.07, 6.45) is 2.20. The van der Waals surface area contributed by atoms with Crippen LogP contribution in [0, 0.1) is 26.6 Å². The number of nitrogens with one attached hydrogen (secondary N) is 2. The maximum absolute atomic E-state index is 13.8. The predicted octanol–water partition coefficient (Wildman–Crippen LogP) is 5.32. The van der Waals surface area contributed by atoms with E-state index in [2.05, 4.69) is 15.8 Å². The van der Waals surface area contributed by atoms with Crippen molar-refractivity contribution in [3.63, 3.8) is 0 Å². The van der Waals surface area contributed by atoms with Gasteiger partial charge in [-0.1, -0.05) is 53.7 Å². The highest BCUT2D eigenvalue weighted by Gasteiger charge is 2.33. The Kier molecular flexibility index (Phi) is 8.86. The number of hydrogen-bond donors (Lipinski definition) is 2. The molecule has 9 heteroatoms. The molecular weight excluding hydrogens is 511 g/mol. The van der Waals surface area contributed by atoms with Crippen molar-refractivity contribution in [2.75, 3.05) is 10.2 Å². The first-order valence-electron chi connectivity index (χ1n) is 12.6. The maximum Gasteiger partial charge on any atom is 0.252 e. The summed E-state index contributed by atoms with van der Waals surface area (Å²) in [6, 6.07) is 20.8. The molecule has 4 aromatic rings. The van der Waals surface area contributed by atoms with Crippen molar-refractivity contribution >= 4 is 29.2 Å². The molecule has 3 aromatic carbocycles. The standard InChI is InChI=1S/C31H29FN4O4/c1-20-7-6-9-25(17-20)36(29(38)16-15-28(37)34-27-18-22(3)40-35-27)30(26-10-5-4-8-21(26)2)31(39)33-19-23-11-13-24(32)14-12-23/h4-18,30H,19H2,1-3H3,(H,33,39)(H,34,35,37)/b16-15+/t30-/m1/s1. The minimum absolute atomic E-state index is 0.132. The van der Waals surface area contributed by atoms with Gasteiger partial charge in [0.15, 0.2) is 5.82 Å². The molecule has 0 saturated heterocycles. The largest absolute Gasteiger partial charge is 0.360 e. The van der Waals surface area contributed by atoms with Crippen molar-refractivity contribution in [2.24, 2.45) is 0 Å².